The van der Waals surface area contributed by atoms with E-state index in [1.165, 1.54) is 57.9 Å². The standard InChI is InChI=1S/C22H41N5O.HI/c1-23-22(24-14-8-5-4-6-9-15-26(2)3)25-19-20(21-13-12-18-28-21)27-16-10-7-11-17-27;/h12-13,18,20H,4-11,14-17,19H2,1-3H3,(H2,23,24,25);1H. The van der Waals surface area contributed by atoms with Gasteiger partial charge in [0.25, 0.3) is 0 Å². The predicted octanol–water partition coefficient (Wildman–Crippen LogP) is 4.10. The smallest absolute Gasteiger partial charge is 0.191 e. The van der Waals surface area contributed by atoms with Gasteiger partial charge in [0, 0.05) is 20.1 Å². The molecule has 0 spiro atoms. The van der Waals surface area contributed by atoms with Crippen LogP contribution in [0.3, 0.4) is 0 Å². The molecule has 29 heavy (non-hydrogen) atoms. The van der Waals surface area contributed by atoms with Gasteiger partial charge in [0.2, 0.25) is 0 Å². The maximum atomic E-state index is 5.73. The van der Waals surface area contributed by atoms with Crippen LogP contribution in [-0.4, -0.2) is 69.6 Å². The highest BCUT2D eigenvalue weighted by Crippen LogP contribution is 2.24. The zero-order valence-electron chi connectivity index (χ0n) is 18.7. The van der Waals surface area contributed by atoms with E-state index in [4.69, 9.17) is 4.42 Å². The lowest BCUT2D eigenvalue weighted by Gasteiger charge is -2.33. The highest BCUT2D eigenvalue weighted by Gasteiger charge is 2.24. The number of furan rings is 1. The van der Waals surface area contributed by atoms with E-state index in [2.05, 4.69) is 45.6 Å². The Kier molecular flexibility index (Phi) is 14.4. The Bertz CT molecular complexity index is 529. The van der Waals surface area contributed by atoms with Crippen LogP contribution in [0.1, 0.15) is 63.2 Å². The third-order valence-corrected chi connectivity index (χ3v) is 5.46. The summed E-state index contributed by atoms with van der Waals surface area (Å²) in [4.78, 5) is 9.19. The molecule has 0 amide bonds. The molecule has 1 aromatic rings. The van der Waals surface area contributed by atoms with Gasteiger partial charge in [-0.1, -0.05) is 25.7 Å². The van der Waals surface area contributed by atoms with Crippen molar-refractivity contribution in [1.82, 2.24) is 20.4 Å². The number of rotatable bonds is 12. The van der Waals surface area contributed by atoms with Crippen molar-refractivity contribution in [2.75, 3.05) is 53.9 Å². The van der Waals surface area contributed by atoms with Crippen LogP contribution in [0.4, 0.5) is 0 Å². The first-order chi connectivity index (χ1) is 13.7. The lowest BCUT2D eigenvalue weighted by Crippen LogP contribution is -2.44. The van der Waals surface area contributed by atoms with Gasteiger partial charge < -0.3 is 20.0 Å². The van der Waals surface area contributed by atoms with Crippen LogP contribution in [0.25, 0.3) is 0 Å². The quantitative estimate of drug-likeness (QED) is 0.189. The van der Waals surface area contributed by atoms with Gasteiger partial charge in [-0.3, -0.25) is 9.89 Å². The molecule has 7 heteroatoms. The highest BCUT2D eigenvalue weighted by molar-refractivity contribution is 14.0. The topological polar surface area (TPSA) is 56.0 Å². The second-order valence-electron chi connectivity index (χ2n) is 8.08. The van der Waals surface area contributed by atoms with Crippen LogP contribution >= 0.6 is 24.0 Å². The van der Waals surface area contributed by atoms with Crippen molar-refractivity contribution >= 4 is 29.9 Å². The third kappa shape index (κ3) is 10.7. The minimum absolute atomic E-state index is 0. The van der Waals surface area contributed by atoms with Crippen molar-refractivity contribution in [2.45, 2.75) is 57.4 Å². The summed E-state index contributed by atoms with van der Waals surface area (Å²) in [5.41, 5.74) is 0. The number of piperidine rings is 1. The van der Waals surface area contributed by atoms with Crippen molar-refractivity contribution in [2.24, 2.45) is 4.99 Å². The van der Waals surface area contributed by atoms with Crippen LogP contribution < -0.4 is 10.6 Å². The molecule has 1 unspecified atom stereocenters. The SMILES string of the molecule is CN=C(NCCCCCCCN(C)C)NCC(c1ccco1)N1CCCCC1.I. The van der Waals surface area contributed by atoms with E-state index in [1.54, 1.807) is 6.26 Å². The minimum Gasteiger partial charge on any atom is -0.468 e. The first kappa shape index (κ1) is 26.2. The number of nitrogens with one attached hydrogen (secondary N) is 2. The van der Waals surface area contributed by atoms with Gasteiger partial charge in [0.1, 0.15) is 5.76 Å². The molecule has 1 aliphatic heterocycles. The minimum atomic E-state index is 0. The Hall–Kier alpha value is -0.800. The van der Waals surface area contributed by atoms with E-state index < -0.39 is 0 Å². The number of unbranched alkanes of at least 4 members (excludes halogenated alkanes) is 4. The van der Waals surface area contributed by atoms with E-state index in [0.717, 1.165) is 37.9 Å². The fourth-order valence-corrected chi connectivity index (χ4v) is 3.82. The largest absolute Gasteiger partial charge is 0.468 e. The zero-order chi connectivity index (χ0) is 20.0. The van der Waals surface area contributed by atoms with E-state index in [9.17, 15) is 0 Å². The normalized spacial score (nSPS) is 16.5. The Morgan fingerprint density at radius 3 is 2.48 bits per heavy atom. The van der Waals surface area contributed by atoms with Gasteiger partial charge >= 0.3 is 0 Å². The summed E-state index contributed by atoms with van der Waals surface area (Å²) in [7, 11) is 6.13. The van der Waals surface area contributed by atoms with Crippen molar-refractivity contribution in [3.8, 4) is 0 Å². The molecule has 0 radical (unpaired) electrons. The summed E-state index contributed by atoms with van der Waals surface area (Å²) in [6, 6.07) is 4.34. The van der Waals surface area contributed by atoms with Crippen LogP contribution in [0.15, 0.2) is 27.8 Å². The van der Waals surface area contributed by atoms with Gasteiger partial charge in [-0.15, -0.1) is 24.0 Å². The molecule has 1 aliphatic rings. The third-order valence-electron chi connectivity index (χ3n) is 5.46. The fourth-order valence-electron chi connectivity index (χ4n) is 3.82. The number of likely N-dealkylation sites (tertiary alicyclic amines) is 1. The molecule has 2 N–H and O–H groups in total. The number of halogens is 1. The molecule has 0 bridgehead atoms. The predicted molar refractivity (Wildman–Crippen MR) is 133 cm³/mol. The molecular weight excluding hydrogens is 477 g/mol. The molecule has 1 saturated heterocycles. The first-order valence-electron chi connectivity index (χ1n) is 11.1. The summed E-state index contributed by atoms with van der Waals surface area (Å²) >= 11 is 0. The van der Waals surface area contributed by atoms with Crippen molar-refractivity contribution in [3.63, 3.8) is 0 Å². The van der Waals surface area contributed by atoms with E-state index in [1.807, 2.05) is 13.1 Å². The molecule has 2 heterocycles. The molecule has 1 atom stereocenters. The zero-order valence-corrected chi connectivity index (χ0v) is 21.0. The van der Waals surface area contributed by atoms with Crippen LogP contribution in [0, 0.1) is 0 Å². The average Bonchev–Trinajstić information content (AvgIpc) is 3.23. The second kappa shape index (κ2) is 16.0. The van der Waals surface area contributed by atoms with Crippen LogP contribution in [-0.2, 0) is 0 Å². The lowest BCUT2D eigenvalue weighted by atomic mass is 10.1. The highest BCUT2D eigenvalue weighted by atomic mass is 127. The monoisotopic (exact) mass is 519 g/mol. The van der Waals surface area contributed by atoms with Gasteiger partial charge in [0.05, 0.1) is 12.3 Å². The van der Waals surface area contributed by atoms with Crippen molar-refractivity contribution < 1.29 is 4.42 Å². The van der Waals surface area contributed by atoms with Gasteiger partial charge in [-0.2, -0.15) is 0 Å². The molecule has 0 aliphatic carbocycles. The second-order valence-corrected chi connectivity index (χ2v) is 8.08. The summed E-state index contributed by atoms with van der Waals surface area (Å²) in [5.74, 6) is 1.93. The molecule has 1 fully saturated rings. The van der Waals surface area contributed by atoms with Gasteiger partial charge in [0.15, 0.2) is 5.96 Å². The fraction of sp³-hybridized carbons (Fsp3) is 0.773. The molecular formula is C22H42IN5O. The Morgan fingerprint density at radius 1 is 1.10 bits per heavy atom. The van der Waals surface area contributed by atoms with Crippen LogP contribution in [0.2, 0.25) is 0 Å². The molecule has 0 saturated carbocycles. The Labute approximate surface area is 194 Å². The number of hydrogen-bond acceptors (Lipinski definition) is 4. The van der Waals surface area contributed by atoms with E-state index >= 15 is 0 Å². The van der Waals surface area contributed by atoms with Gasteiger partial charge in [-0.25, -0.2) is 0 Å². The summed E-state index contributed by atoms with van der Waals surface area (Å²) in [6.45, 7) is 5.28. The molecule has 6 nitrogen and oxygen atoms in total. The average molecular weight is 520 g/mol. The Balaban J connectivity index is 0.00000420. The maximum Gasteiger partial charge on any atom is 0.191 e. The van der Waals surface area contributed by atoms with E-state index in [0.29, 0.717) is 0 Å². The summed E-state index contributed by atoms with van der Waals surface area (Å²) in [5, 5.41) is 6.97. The maximum absolute atomic E-state index is 5.73. The number of hydrogen-bond donors (Lipinski definition) is 2. The molecule has 0 aromatic carbocycles. The number of nitrogens with zero attached hydrogens (tertiary/aromatic N) is 3. The van der Waals surface area contributed by atoms with Crippen molar-refractivity contribution in [1.29, 1.82) is 0 Å². The Morgan fingerprint density at radius 2 is 1.83 bits per heavy atom. The van der Waals surface area contributed by atoms with E-state index in [-0.39, 0.29) is 30.0 Å². The molecule has 2 rings (SSSR count). The summed E-state index contributed by atoms with van der Waals surface area (Å²) < 4.78 is 5.73. The first-order valence-corrected chi connectivity index (χ1v) is 11.1. The lowest BCUT2D eigenvalue weighted by molar-refractivity contribution is 0.146. The molecule has 1 aromatic heterocycles. The van der Waals surface area contributed by atoms with Crippen molar-refractivity contribution in [3.05, 3.63) is 24.2 Å². The number of aliphatic imine (C=N–C) groups is 1. The molecule has 168 valence electrons. The van der Waals surface area contributed by atoms with Gasteiger partial charge in [-0.05, 0) is 71.5 Å². The summed E-state index contributed by atoms with van der Waals surface area (Å²) in [6.07, 6.45) is 12.1. The number of guanidine groups is 1. The van der Waals surface area contributed by atoms with Crippen LogP contribution in [0.5, 0.6) is 0 Å².